The van der Waals surface area contributed by atoms with Gasteiger partial charge < -0.3 is 24.1 Å². The molecule has 0 amide bonds. The number of methoxy groups -OCH3 is 2. The smallest absolute Gasteiger partial charge is 0.164 e. The molecule has 2 aromatic carbocycles. The number of phenols is 1. The van der Waals surface area contributed by atoms with E-state index in [1.54, 1.807) is 20.3 Å². The lowest BCUT2D eigenvalue weighted by Crippen LogP contribution is -1.98. The van der Waals surface area contributed by atoms with Crippen molar-refractivity contribution >= 4 is 0 Å². The van der Waals surface area contributed by atoms with Crippen LogP contribution in [0.5, 0.6) is 28.7 Å². The number of phenolic OH excluding ortho intramolecular Hbond substituents is 1. The molecule has 27 heavy (non-hydrogen) atoms. The van der Waals surface area contributed by atoms with Crippen molar-refractivity contribution in [2.24, 2.45) is 0 Å². The molecule has 0 bridgehead atoms. The summed E-state index contributed by atoms with van der Waals surface area (Å²) in [5, 5.41) is 10.3. The summed E-state index contributed by atoms with van der Waals surface area (Å²) in [7, 11) is 3.16. The van der Waals surface area contributed by atoms with Gasteiger partial charge in [-0.3, -0.25) is 0 Å². The van der Waals surface area contributed by atoms with Crippen LogP contribution in [-0.4, -0.2) is 32.5 Å². The molecule has 0 spiro atoms. The second-order valence-electron chi connectivity index (χ2n) is 5.83. The lowest BCUT2D eigenvalue weighted by Gasteiger charge is -2.11. The number of aromatic hydroxyl groups is 1. The Kier molecular flexibility index (Phi) is 7.69. The summed E-state index contributed by atoms with van der Waals surface area (Å²) in [5.41, 5.74) is 1.22. The molecule has 2 rings (SSSR count). The highest BCUT2D eigenvalue weighted by Crippen LogP contribution is 2.34. The van der Waals surface area contributed by atoms with Crippen molar-refractivity contribution in [3.05, 3.63) is 41.5 Å². The minimum absolute atomic E-state index is 0.0466. The number of benzene rings is 2. The first kappa shape index (κ1) is 20.3. The van der Waals surface area contributed by atoms with Gasteiger partial charge in [0, 0.05) is 17.7 Å². The molecular weight excluding hydrogens is 344 g/mol. The van der Waals surface area contributed by atoms with Crippen LogP contribution in [0.15, 0.2) is 30.3 Å². The Labute approximate surface area is 160 Å². The monoisotopic (exact) mass is 370 g/mol. The van der Waals surface area contributed by atoms with E-state index in [-0.39, 0.29) is 5.75 Å². The van der Waals surface area contributed by atoms with Crippen LogP contribution in [0.2, 0.25) is 0 Å². The third kappa shape index (κ3) is 5.49. The molecule has 5 nitrogen and oxygen atoms in total. The molecule has 0 aliphatic rings. The third-order valence-electron chi connectivity index (χ3n) is 3.71. The summed E-state index contributed by atoms with van der Waals surface area (Å²) in [6.45, 7) is 5.21. The van der Waals surface area contributed by atoms with Crippen molar-refractivity contribution in [1.29, 1.82) is 0 Å². The van der Waals surface area contributed by atoms with Gasteiger partial charge in [-0.05, 0) is 31.0 Å². The van der Waals surface area contributed by atoms with Gasteiger partial charge in [-0.25, -0.2) is 0 Å². The zero-order valence-corrected chi connectivity index (χ0v) is 16.3. The predicted octanol–water partition coefficient (Wildman–Crippen LogP) is 4.39. The van der Waals surface area contributed by atoms with Crippen molar-refractivity contribution in [2.45, 2.75) is 26.7 Å². The Morgan fingerprint density at radius 1 is 0.778 bits per heavy atom. The van der Waals surface area contributed by atoms with E-state index in [4.69, 9.17) is 18.9 Å². The molecule has 144 valence electrons. The van der Waals surface area contributed by atoms with Crippen LogP contribution in [0.4, 0.5) is 0 Å². The maximum atomic E-state index is 10.3. The van der Waals surface area contributed by atoms with Crippen LogP contribution >= 0.6 is 0 Å². The van der Waals surface area contributed by atoms with E-state index >= 15 is 0 Å². The molecule has 0 aliphatic carbocycles. The molecule has 0 radical (unpaired) electrons. The molecule has 0 unspecified atom stereocenters. The standard InChI is InChI=1S/C22H26O5/c1-5-11-26-21-13-16(8-10-19(21)24-3)7-9-17-14-20(25-4)22(15-18(17)23)27-12-6-2/h8,10,13-15,23H,5-6,11-12H2,1-4H3. The highest BCUT2D eigenvalue weighted by atomic mass is 16.5. The van der Waals surface area contributed by atoms with Gasteiger partial charge in [0.15, 0.2) is 23.0 Å². The molecule has 1 N–H and O–H groups in total. The first-order valence-electron chi connectivity index (χ1n) is 8.99. The summed E-state index contributed by atoms with van der Waals surface area (Å²) in [6, 6.07) is 8.69. The van der Waals surface area contributed by atoms with Gasteiger partial charge in [-0.2, -0.15) is 0 Å². The Hall–Kier alpha value is -3.00. The SMILES string of the molecule is CCCOc1cc(C#Cc2cc(OC)c(OCCC)cc2O)ccc1OC. The second-order valence-corrected chi connectivity index (χ2v) is 5.83. The lowest BCUT2D eigenvalue weighted by atomic mass is 10.1. The normalized spacial score (nSPS) is 9.93. The number of hydrogen-bond donors (Lipinski definition) is 1. The Balaban J connectivity index is 2.31. The molecule has 2 aromatic rings. The van der Waals surface area contributed by atoms with E-state index in [2.05, 4.69) is 11.8 Å². The molecule has 0 fully saturated rings. The number of ether oxygens (including phenoxy) is 4. The zero-order valence-electron chi connectivity index (χ0n) is 16.3. The Morgan fingerprint density at radius 2 is 1.41 bits per heavy atom. The van der Waals surface area contributed by atoms with Crippen LogP contribution in [0.3, 0.4) is 0 Å². The number of hydrogen-bond acceptors (Lipinski definition) is 5. The van der Waals surface area contributed by atoms with Gasteiger partial charge in [0.05, 0.1) is 33.0 Å². The summed E-state index contributed by atoms with van der Waals surface area (Å²) in [5.74, 6) is 8.41. The van der Waals surface area contributed by atoms with Crippen LogP contribution in [0.25, 0.3) is 0 Å². The minimum Gasteiger partial charge on any atom is -0.506 e. The fraction of sp³-hybridized carbons (Fsp3) is 0.364. The maximum Gasteiger partial charge on any atom is 0.164 e. The molecule has 0 aliphatic heterocycles. The second kappa shape index (κ2) is 10.2. The first-order chi connectivity index (χ1) is 13.1. The summed E-state index contributed by atoms with van der Waals surface area (Å²) >= 11 is 0. The van der Waals surface area contributed by atoms with Crippen LogP contribution in [-0.2, 0) is 0 Å². The molecule has 5 heteroatoms. The zero-order chi connectivity index (χ0) is 19.6. The molecular formula is C22H26O5. The lowest BCUT2D eigenvalue weighted by molar-refractivity contribution is 0.292. The minimum atomic E-state index is 0.0466. The van der Waals surface area contributed by atoms with Gasteiger partial charge in [0.1, 0.15) is 5.75 Å². The van der Waals surface area contributed by atoms with Crippen LogP contribution in [0, 0.1) is 11.8 Å². The van der Waals surface area contributed by atoms with E-state index in [0.717, 1.165) is 18.4 Å². The van der Waals surface area contributed by atoms with Crippen molar-refractivity contribution in [3.63, 3.8) is 0 Å². The Morgan fingerprint density at radius 3 is 2.00 bits per heavy atom. The highest BCUT2D eigenvalue weighted by Gasteiger charge is 2.10. The van der Waals surface area contributed by atoms with E-state index in [0.29, 0.717) is 41.8 Å². The third-order valence-corrected chi connectivity index (χ3v) is 3.71. The fourth-order valence-electron chi connectivity index (χ4n) is 2.35. The summed E-state index contributed by atoms with van der Waals surface area (Å²) in [4.78, 5) is 0. The molecule has 0 saturated heterocycles. The summed E-state index contributed by atoms with van der Waals surface area (Å²) in [6.07, 6.45) is 1.77. The highest BCUT2D eigenvalue weighted by molar-refractivity contribution is 5.58. The molecule has 0 saturated carbocycles. The van der Waals surface area contributed by atoms with Gasteiger partial charge in [-0.15, -0.1) is 0 Å². The molecule has 0 aromatic heterocycles. The van der Waals surface area contributed by atoms with Gasteiger partial charge in [0.2, 0.25) is 0 Å². The maximum absolute atomic E-state index is 10.3. The van der Waals surface area contributed by atoms with Gasteiger partial charge in [-0.1, -0.05) is 25.7 Å². The van der Waals surface area contributed by atoms with E-state index < -0.39 is 0 Å². The largest absolute Gasteiger partial charge is 0.506 e. The van der Waals surface area contributed by atoms with Crippen LogP contribution < -0.4 is 18.9 Å². The van der Waals surface area contributed by atoms with Crippen molar-refractivity contribution in [3.8, 4) is 40.6 Å². The fourth-order valence-corrected chi connectivity index (χ4v) is 2.35. The van der Waals surface area contributed by atoms with Crippen molar-refractivity contribution in [1.82, 2.24) is 0 Å². The van der Waals surface area contributed by atoms with Crippen molar-refractivity contribution in [2.75, 3.05) is 27.4 Å². The first-order valence-corrected chi connectivity index (χ1v) is 8.99. The van der Waals surface area contributed by atoms with Crippen LogP contribution in [0.1, 0.15) is 37.8 Å². The van der Waals surface area contributed by atoms with E-state index in [9.17, 15) is 5.11 Å². The Bertz CT molecular complexity index is 817. The topological polar surface area (TPSA) is 57.2 Å². The number of rotatable bonds is 8. The molecule has 0 heterocycles. The quantitative estimate of drug-likeness (QED) is 0.699. The van der Waals surface area contributed by atoms with E-state index in [1.807, 2.05) is 32.0 Å². The average molecular weight is 370 g/mol. The summed E-state index contributed by atoms with van der Waals surface area (Å²) < 4.78 is 22.0. The molecule has 0 atom stereocenters. The van der Waals surface area contributed by atoms with Gasteiger partial charge >= 0.3 is 0 Å². The van der Waals surface area contributed by atoms with Gasteiger partial charge in [0.25, 0.3) is 0 Å². The van der Waals surface area contributed by atoms with Crippen molar-refractivity contribution < 1.29 is 24.1 Å². The van der Waals surface area contributed by atoms with E-state index in [1.165, 1.54) is 6.07 Å². The predicted molar refractivity (Wildman–Crippen MR) is 105 cm³/mol. The average Bonchev–Trinajstić information content (AvgIpc) is 2.69.